The van der Waals surface area contributed by atoms with E-state index >= 15 is 0 Å². The smallest absolute Gasteiger partial charge is 0.259 e. The molecule has 0 saturated carbocycles. The maximum atomic E-state index is 12.1. The molecule has 0 unspecified atom stereocenters. The van der Waals surface area contributed by atoms with Crippen LogP contribution < -0.4 is 5.56 Å². The minimum absolute atomic E-state index is 0.119. The molecule has 1 N–H and O–H groups in total. The first-order valence-electron chi connectivity index (χ1n) is 6.19. The van der Waals surface area contributed by atoms with Gasteiger partial charge in [-0.15, -0.1) is 11.3 Å². The molecule has 3 aromatic heterocycles. The number of nitrogens with one attached hydrogen (secondary N) is 1. The van der Waals surface area contributed by atoms with Gasteiger partial charge < -0.3 is 9.55 Å². The molecule has 0 fully saturated rings. The average Bonchev–Trinajstić information content (AvgIpc) is 2.95. The zero-order chi connectivity index (χ0) is 14.3. The highest BCUT2D eigenvalue weighted by molar-refractivity contribution is 7.18. The third kappa shape index (κ3) is 1.98. The predicted molar refractivity (Wildman–Crippen MR) is 78.6 cm³/mol. The van der Waals surface area contributed by atoms with E-state index in [2.05, 4.69) is 9.97 Å². The second-order valence-corrected chi connectivity index (χ2v) is 5.86. The summed E-state index contributed by atoms with van der Waals surface area (Å²) in [5.41, 5.74) is 1.43. The fourth-order valence-corrected chi connectivity index (χ4v) is 3.26. The van der Waals surface area contributed by atoms with Crippen molar-refractivity contribution in [1.82, 2.24) is 14.5 Å². The number of hydrogen-bond donors (Lipinski definition) is 1. The Labute approximate surface area is 118 Å². The average molecular weight is 287 g/mol. The highest BCUT2D eigenvalue weighted by atomic mass is 32.1. The van der Waals surface area contributed by atoms with E-state index in [1.54, 1.807) is 22.9 Å². The lowest BCUT2D eigenvalue weighted by atomic mass is 10.2. The van der Waals surface area contributed by atoms with E-state index in [9.17, 15) is 9.59 Å². The Morgan fingerprint density at radius 3 is 3.00 bits per heavy atom. The topological polar surface area (TPSA) is 67.8 Å². The zero-order valence-electron chi connectivity index (χ0n) is 11.1. The van der Waals surface area contributed by atoms with Crippen LogP contribution in [0.3, 0.4) is 0 Å². The highest BCUT2D eigenvalue weighted by Crippen LogP contribution is 2.25. The predicted octanol–water partition coefficient (Wildman–Crippen LogP) is 2.26. The molecule has 6 heteroatoms. The van der Waals surface area contributed by atoms with E-state index in [1.807, 2.05) is 13.8 Å². The Kier molecular flexibility index (Phi) is 3.02. The Hall–Kier alpha value is -2.21. The molecule has 0 aromatic carbocycles. The summed E-state index contributed by atoms with van der Waals surface area (Å²) < 4.78 is 1.75. The summed E-state index contributed by atoms with van der Waals surface area (Å²) in [6.07, 6.45) is 2.58. The number of fused-ring (bicyclic) bond motifs is 1. The van der Waals surface area contributed by atoms with E-state index in [0.29, 0.717) is 23.4 Å². The Morgan fingerprint density at radius 2 is 2.25 bits per heavy atom. The minimum atomic E-state index is -0.119. The van der Waals surface area contributed by atoms with Crippen molar-refractivity contribution >= 4 is 27.8 Å². The number of aldehydes is 1. The molecule has 3 aromatic rings. The van der Waals surface area contributed by atoms with Gasteiger partial charge in [0, 0.05) is 11.1 Å². The molecule has 20 heavy (non-hydrogen) atoms. The fraction of sp³-hybridized carbons (Fsp3) is 0.214. The normalized spacial score (nSPS) is 11.1. The van der Waals surface area contributed by atoms with E-state index in [1.165, 1.54) is 11.3 Å². The van der Waals surface area contributed by atoms with Gasteiger partial charge in [-0.3, -0.25) is 9.59 Å². The molecule has 0 bridgehead atoms. The van der Waals surface area contributed by atoms with Gasteiger partial charge in [-0.25, -0.2) is 4.98 Å². The molecular weight excluding hydrogens is 274 g/mol. The third-order valence-electron chi connectivity index (χ3n) is 3.39. The maximum Gasteiger partial charge on any atom is 0.259 e. The maximum absolute atomic E-state index is 12.1. The van der Waals surface area contributed by atoms with Gasteiger partial charge in [-0.2, -0.15) is 0 Å². The van der Waals surface area contributed by atoms with Crippen LogP contribution in [0.2, 0.25) is 0 Å². The van der Waals surface area contributed by atoms with E-state index in [0.717, 1.165) is 21.6 Å². The number of aromatic amines is 1. The summed E-state index contributed by atoms with van der Waals surface area (Å²) in [6.45, 7) is 4.29. The number of thiophene rings is 1. The summed E-state index contributed by atoms with van der Waals surface area (Å²) in [5, 5.41) is 0.666. The summed E-state index contributed by atoms with van der Waals surface area (Å²) >= 11 is 1.52. The molecule has 0 atom stereocenters. The van der Waals surface area contributed by atoms with Crippen LogP contribution in [0.4, 0.5) is 0 Å². The van der Waals surface area contributed by atoms with E-state index in [4.69, 9.17) is 0 Å². The number of aromatic nitrogens is 3. The SMILES string of the molecule is Cc1sc2nc(Cn3cccc3C=O)[nH]c(=O)c2c1C. The number of nitrogens with zero attached hydrogens (tertiary/aromatic N) is 2. The Balaban J connectivity index is 2.09. The zero-order valence-corrected chi connectivity index (χ0v) is 12.0. The Bertz CT molecular complexity index is 857. The first-order chi connectivity index (χ1) is 9.60. The van der Waals surface area contributed by atoms with Gasteiger partial charge in [-0.1, -0.05) is 0 Å². The minimum Gasteiger partial charge on any atom is -0.338 e. The van der Waals surface area contributed by atoms with Crippen LogP contribution in [-0.4, -0.2) is 20.8 Å². The van der Waals surface area contributed by atoms with Crippen molar-refractivity contribution in [3.05, 3.63) is 50.6 Å². The van der Waals surface area contributed by atoms with Crippen LogP contribution in [0.15, 0.2) is 23.1 Å². The first kappa shape index (κ1) is 12.8. The molecule has 0 amide bonds. The van der Waals surface area contributed by atoms with Gasteiger partial charge in [0.25, 0.3) is 5.56 Å². The molecule has 5 nitrogen and oxygen atoms in total. The fourth-order valence-electron chi connectivity index (χ4n) is 2.21. The van der Waals surface area contributed by atoms with Crippen molar-refractivity contribution in [1.29, 1.82) is 0 Å². The lowest BCUT2D eigenvalue weighted by Crippen LogP contribution is -2.14. The van der Waals surface area contributed by atoms with Crippen molar-refractivity contribution in [2.75, 3.05) is 0 Å². The van der Waals surface area contributed by atoms with Crippen molar-refractivity contribution in [3.63, 3.8) is 0 Å². The van der Waals surface area contributed by atoms with Gasteiger partial charge in [0.1, 0.15) is 10.7 Å². The summed E-state index contributed by atoms with van der Waals surface area (Å²) in [5.74, 6) is 0.558. The second kappa shape index (κ2) is 4.72. The molecule has 0 saturated heterocycles. The molecule has 0 spiro atoms. The van der Waals surface area contributed by atoms with Gasteiger partial charge >= 0.3 is 0 Å². The van der Waals surface area contributed by atoms with Crippen molar-refractivity contribution in [3.8, 4) is 0 Å². The summed E-state index contributed by atoms with van der Waals surface area (Å²) in [4.78, 5) is 32.2. The Morgan fingerprint density at radius 1 is 1.45 bits per heavy atom. The van der Waals surface area contributed by atoms with Crippen molar-refractivity contribution in [2.24, 2.45) is 0 Å². The quantitative estimate of drug-likeness (QED) is 0.751. The van der Waals surface area contributed by atoms with Crippen LogP contribution in [0.5, 0.6) is 0 Å². The second-order valence-electron chi connectivity index (χ2n) is 4.65. The molecular formula is C14H13N3O2S. The van der Waals surface area contributed by atoms with Crippen LogP contribution in [0.1, 0.15) is 26.8 Å². The van der Waals surface area contributed by atoms with Gasteiger partial charge in [0.2, 0.25) is 0 Å². The lowest BCUT2D eigenvalue weighted by Gasteiger charge is -2.04. The molecule has 0 aliphatic carbocycles. The summed E-state index contributed by atoms with van der Waals surface area (Å²) in [7, 11) is 0. The molecule has 0 aliphatic rings. The summed E-state index contributed by atoms with van der Waals surface area (Å²) in [6, 6.07) is 3.52. The van der Waals surface area contributed by atoms with Gasteiger partial charge in [0.05, 0.1) is 17.6 Å². The number of carbonyl (C=O) groups excluding carboxylic acids is 1. The molecule has 3 heterocycles. The largest absolute Gasteiger partial charge is 0.338 e. The van der Waals surface area contributed by atoms with Crippen molar-refractivity contribution < 1.29 is 4.79 Å². The molecule has 0 aliphatic heterocycles. The van der Waals surface area contributed by atoms with Gasteiger partial charge in [0.15, 0.2) is 6.29 Å². The lowest BCUT2D eigenvalue weighted by molar-refractivity contribution is 0.111. The first-order valence-corrected chi connectivity index (χ1v) is 7.01. The van der Waals surface area contributed by atoms with Crippen LogP contribution in [-0.2, 0) is 6.54 Å². The van der Waals surface area contributed by atoms with E-state index < -0.39 is 0 Å². The highest BCUT2D eigenvalue weighted by Gasteiger charge is 2.12. The van der Waals surface area contributed by atoms with E-state index in [-0.39, 0.29) is 5.56 Å². The molecule has 102 valence electrons. The molecule has 3 rings (SSSR count). The standard InChI is InChI=1S/C14H13N3O2S/c1-8-9(2)20-14-12(8)13(19)15-11(16-14)6-17-5-3-4-10(17)7-18/h3-5,7H,6H2,1-2H3,(H,15,16,19). The number of hydrogen-bond acceptors (Lipinski definition) is 4. The van der Waals surface area contributed by atoms with Crippen LogP contribution >= 0.6 is 11.3 Å². The van der Waals surface area contributed by atoms with Gasteiger partial charge in [-0.05, 0) is 31.5 Å². The third-order valence-corrected chi connectivity index (χ3v) is 4.49. The number of H-pyrrole nitrogens is 1. The van der Waals surface area contributed by atoms with Crippen molar-refractivity contribution in [2.45, 2.75) is 20.4 Å². The van der Waals surface area contributed by atoms with Crippen LogP contribution in [0.25, 0.3) is 10.2 Å². The number of carbonyl (C=O) groups is 1. The number of rotatable bonds is 3. The number of aryl methyl sites for hydroxylation is 2. The van der Waals surface area contributed by atoms with Crippen LogP contribution in [0, 0.1) is 13.8 Å². The molecule has 0 radical (unpaired) electrons. The monoisotopic (exact) mass is 287 g/mol.